The average Bonchev–Trinajstić information content (AvgIpc) is 2.76. The van der Waals surface area contributed by atoms with Crippen LogP contribution in [0.5, 0.6) is 0 Å². The number of anilines is 1. The van der Waals surface area contributed by atoms with Crippen LogP contribution in [0.2, 0.25) is 5.02 Å². The van der Waals surface area contributed by atoms with Crippen LogP contribution in [0.3, 0.4) is 0 Å². The molecule has 7 nitrogen and oxygen atoms in total. The van der Waals surface area contributed by atoms with Gasteiger partial charge >= 0.3 is 6.18 Å². The number of amides is 2. The summed E-state index contributed by atoms with van der Waals surface area (Å²) in [4.78, 5) is 28.1. The molecule has 38 heavy (non-hydrogen) atoms. The molecule has 0 aliphatic rings. The van der Waals surface area contributed by atoms with E-state index in [1.807, 2.05) is 19.1 Å². The van der Waals surface area contributed by atoms with Gasteiger partial charge in [-0.3, -0.25) is 13.9 Å². The first-order chi connectivity index (χ1) is 17.3. The number of carbonyl (C=O) groups excluding carboxylic acids is 2. The van der Waals surface area contributed by atoms with Crippen LogP contribution in [0.1, 0.15) is 50.8 Å². The molecule has 1 atom stereocenters. The Morgan fingerprint density at radius 2 is 1.63 bits per heavy atom. The second-order valence-corrected chi connectivity index (χ2v) is 12.4. The van der Waals surface area contributed by atoms with Gasteiger partial charge in [0.2, 0.25) is 21.8 Å². The zero-order valence-corrected chi connectivity index (χ0v) is 23.8. The molecule has 2 rings (SSSR count). The van der Waals surface area contributed by atoms with E-state index in [0.717, 1.165) is 24.0 Å². The van der Waals surface area contributed by atoms with E-state index in [9.17, 15) is 31.2 Å². The summed E-state index contributed by atoms with van der Waals surface area (Å²) in [7, 11) is -4.21. The molecule has 2 aromatic rings. The molecule has 0 aliphatic carbocycles. The van der Waals surface area contributed by atoms with Gasteiger partial charge in [0.05, 0.1) is 22.5 Å². The summed E-state index contributed by atoms with van der Waals surface area (Å²) in [6.45, 7) is 8.13. The SMILES string of the molecule is CC[C@@H](C(=O)NC(C)(C)C)N(Cc1ccc(C)cc1)C(=O)CN(c1ccc(Cl)c(C(F)(F)F)c1)S(C)(=O)=O. The summed E-state index contributed by atoms with van der Waals surface area (Å²) in [5.74, 6) is -1.19. The van der Waals surface area contributed by atoms with Crippen molar-refractivity contribution in [2.24, 2.45) is 0 Å². The summed E-state index contributed by atoms with van der Waals surface area (Å²) in [5, 5.41) is 2.24. The molecule has 0 heterocycles. The molecular formula is C26H33ClF3N3O4S. The molecule has 0 unspecified atom stereocenters. The Morgan fingerprint density at radius 3 is 2.11 bits per heavy atom. The van der Waals surface area contributed by atoms with E-state index in [2.05, 4.69) is 5.32 Å². The minimum atomic E-state index is -4.84. The molecule has 0 saturated carbocycles. The van der Waals surface area contributed by atoms with Gasteiger partial charge in [-0.05, 0) is 57.9 Å². The van der Waals surface area contributed by atoms with Gasteiger partial charge in [-0.2, -0.15) is 13.2 Å². The zero-order chi connectivity index (χ0) is 29.1. The fourth-order valence-corrected chi connectivity index (χ4v) is 4.83. The molecule has 2 amide bonds. The van der Waals surface area contributed by atoms with Crippen molar-refractivity contribution in [1.29, 1.82) is 0 Å². The van der Waals surface area contributed by atoms with E-state index >= 15 is 0 Å². The van der Waals surface area contributed by atoms with Gasteiger partial charge in [0, 0.05) is 12.1 Å². The van der Waals surface area contributed by atoms with E-state index < -0.39 is 56.7 Å². The molecule has 210 valence electrons. The number of halogens is 4. The van der Waals surface area contributed by atoms with Crippen LogP contribution in [-0.4, -0.2) is 49.5 Å². The van der Waals surface area contributed by atoms with Gasteiger partial charge in [0.15, 0.2) is 0 Å². The quantitative estimate of drug-likeness (QED) is 0.448. The van der Waals surface area contributed by atoms with Gasteiger partial charge in [-0.1, -0.05) is 48.4 Å². The predicted molar refractivity (Wildman–Crippen MR) is 142 cm³/mol. The molecule has 0 saturated heterocycles. The van der Waals surface area contributed by atoms with Crippen LogP contribution >= 0.6 is 11.6 Å². The lowest BCUT2D eigenvalue weighted by Gasteiger charge is -2.34. The second-order valence-electron chi connectivity index (χ2n) is 10.1. The number of nitrogens with one attached hydrogen (secondary N) is 1. The molecule has 0 bridgehead atoms. The number of aryl methyl sites for hydroxylation is 1. The Bertz CT molecular complexity index is 1260. The molecule has 0 radical (unpaired) electrons. The van der Waals surface area contributed by atoms with E-state index in [4.69, 9.17) is 11.6 Å². The highest BCUT2D eigenvalue weighted by Crippen LogP contribution is 2.37. The number of hydrogen-bond acceptors (Lipinski definition) is 4. The Hall–Kier alpha value is -2.79. The van der Waals surface area contributed by atoms with Crippen LogP contribution in [0.4, 0.5) is 18.9 Å². The summed E-state index contributed by atoms with van der Waals surface area (Å²) in [5.41, 5.74) is -0.525. The first-order valence-corrected chi connectivity index (χ1v) is 14.1. The summed E-state index contributed by atoms with van der Waals surface area (Å²) < 4.78 is 66.3. The maximum atomic E-state index is 13.7. The first-order valence-electron chi connectivity index (χ1n) is 11.8. The smallest absolute Gasteiger partial charge is 0.350 e. The number of benzene rings is 2. The van der Waals surface area contributed by atoms with Crippen molar-refractivity contribution in [3.05, 3.63) is 64.2 Å². The molecule has 12 heteroatoms. The standard InChI is InChI=1S/C26H33ClF3N3O4S/c1-7-22(24(35)31-25(3,4)5)32(15-18-10-8-17(2)9-11-18)23(34)16-33(38(6,36)37)19-12-13-21(27)20(14-19)26(28,29)30/h8-14,22H,7,15-16H2,1-6H3,(H,31,35)/t22-/m0/s1. The third-order valence-electron chi connectivity index (χ3n) is 5.58. The Labute approximate surface area is 227 Å². The van der Waals surface area contributed by atoms with Gasteiger partial charge in [0.1, 0.15) is 12.6 Å². The van der Waals surface area contributed by atoms with Crippen molar-refractivity contribution in [2.75, 3.05) is 17.1 Å². The van der Waals surface area contributed by atoms with Gasteiger partial charge in [0.25, 0.3) is 0 Å². The lowest BCUT2D eigenvalue weighted by Crippen LogP contribution is -2.55. The van der Waals surface area contributed by atoms with Crippen molar-refractivity contribution < 1.29 is 31.2 Å². The summed E-state index contributed by atoms with van der Waals surface area (Å²) in [6.07, 6.45) is -3.83. The predicted octanol–water partition coefficient (Wildman–Crippen LogP) is 5.16. The number of rotatable bonds is 9. The highest BCUT2D eigenvalue weighted by atomic mass is 35.5. The van der Waals surface area contributed by atoms with Crippen LogP contribution in [-0.2, 0) is 32.3 Å². The first kappa shape index (κ1) is 31.4. The van der Waals surface area contributed by atoms with E-state index in [1.54, 1.807) is 39.8 Å². The Balaban J connectivity index is 2.53. The summed E-state index contributed by atoms with van der Waals surface area (Å²) in [6, 6.07) is 8.90. The van der Waals surface area contributed by atoms with Gasteiger partial charge < -0.3 is 10.2 Å². The molecule has 0 fully saturated rings. The Morgan fingerprint density at radius 1 is 1.05 bits per heavy atom. The van der Waals surface area contributed by atoms with Crippen molar-refractivity contribution in [3.63, 3.8) is 0 Å². The highest BCUT2D eigenvalue weighted by molar-refractivity contribution is 7.92. The summed E-state index contributed by atoms with van der Waals surface area (Å²) >= 11 is 5.70. The van der Waals surface area contributed by atoms with E-state index in [-0.39, 0.29) is 18.7 Å². The van der Waals surface area contributed by atoms with Crippen LogP contribution in [0.15, 0.2) is 42.5 Å². The number of nitrogens with zero attached hydrogens (tertiary/aromatic N) is 2. The normalized spacial score (nSPS) is 13.1. The van der Waals surface area contributed by atoms with Gasteiger partial charge in [-0.25, -0.2) is 8.42 Å². The average molecular weight is 576 g/mol. The van der Waals surface area contributed by atoms with Gasteiger partial charge in [-0.15, -0.1) is 0 Å². The van der Waals surface area contributed by atoms with Crippen molar-refractivity contribution in [1.82, 2.24) is 10.2 Å². The maximum Gasteiger partial charge on any atom is 0.417 e. The van der Waals surface area contributed by atoms with Crippen LogP contribution in [0.25, 0.3) is 0 Å². The lowest BCUT2D eigenvalue weighted by molar-refractivity contribution is -0.141. The third kappa shape index (κ3) is 8.62. The van der Waals surface area contributed by atoms with Crippen molar-refractivity contribution >= 4 is 39.1 Å². The zero-order valence-electron chi connectivity index (χ0n) is 22.2. The highest BCUT2D eigenvalue weighted by Gasteiger charge is 2.36. The van der Waals surface area contributed by atoms with E-state index in [0.29, 0.717) is 15.9 Å². The monoisotopic (exact) mass is 575 g/mol. The largest absolute Gasteiger partial charge is 0.417 e. The minimum absolute atomic E-state index is 0.0127. The third-order valence-corrected chi connectivity index (χ3v) is 7.05. The molecule has 0 aromatic heterocycles. The molecular weight excluding hydrogens is 543 g/mol. The topological polar surface area (TPSA) is 86.8 Å². The van der Waals surface area contributed by atoms with Crippen LogP contribution in [0, 0.1) is 6.92 Å². The Kier molecular flexibility index (Phi) is 9.88. The molecule has 0 aliphatic heterocycles. The lowest BCUT2D eigenvalue weighted by atomic mass is 10.1. The minimum Gasteiger partial charge on any atom is -0.350 e. The molecule has 0 spiro atoms. The molecule has 1 N–H and O–H groups in total. The number of hydrogen-bond donors (Lipinski definition) is 1. The van der Waals surface area contributed by atoms with Crippen molar-refractivity contribution in [3.8, 4) is 0 Å². The second kappa shape index (κ2) is 11.9. The van der Waals surface area contributed by atoms with E-state index in [1.165, 1.54) is 4.90 Å². The number of alkyl halides is 3. The van der Waals surface area contributed by atoms with Crippen LogP contribution < -0.4 is 9.62 Å². The maximum absolute atomic E-state index is 13.7. The number of carbonyl (C=O) groups is 2. The fraction of sp³-hybridized carbons (Fsp3) is 0.462. The number of sulfonamides is 1. The fourth-order valence-electron chi connectivity index (χ4n) is 3.76. The van der Waals surface area contributed by atoms with Crippen molar-refractivity contribution in [2.45, 2.75) is 65.3 Å². The molecule has 2 aromatic carbocycles.